The number of halogens is 2. The first-order valence-corrected chi connectivity index (χ1v) is 14.2. The number of fused-ring (bicyclic) bond motifs is 2. The van der Waals surface area contributed by atoms with Crippen LogP contribution in [0.2, 0.25) is 0 Å². The number of imidazole rings is 1. The smallest absolute Gasteiger partial charge is 0.387 e. The van der Waals surface area contributed by atoms with Crippen LogP contribution in [-0.4, -0.2) is 75.1 Å². The van der Waals surface area contributed by atoms with E-state index in [0.717, 1.165) is 49.3 Å². The van der Waals surface area contributed by atoms with Crippen LogP contribution in [0.5, 0.6) is 11.8 Å². The third-order valence-corrected chi connectivity index (χ3v) is 7.81. The van der Waals surface area contributed by atoms with Crippen LogP contribution in [0, 0.1) is 0 Å². The Morgan fingerprint density at radius 2 is 1.91 bits per heavy atom. The molecule has 5 aromatic rings. The molecule has 43 heavy (non-hydrogen) atoms. The Hall–Kier alpha value is -4.42. The lowest BCUT2D eigenvalue weighted by atomic mass is 10.0. The van der Waals surface area contributed by atoms with E-state index in [1.54, 1.807) is 19.4 Å². The van der Waals surface area contributed by atoms with Crippen molar-refractivity contribution < 1.29 is 23.0 Å². The van der Waals surface area contributed by atoms with Crippen LogP contribution in [0.25, 0.3) is 38.9 Å². The van der Waals surface area contributed by atoms with E-state index in [9.17, 15) is 13.6 Å². The number of pyridine rings is 1. The standard InChI is InChI=1S/C31H32F2N6O4/c1-4-42-31-34-17-20-15-24(29(40)39(28(20)36-31)21-6-8-22(9-7-21)43-30(32)33)19-5-10-25-26(16-19)37(2)27(35-25)12-14-38-13-11-23(18-38)41-3/h5-10,15-17,23,30H,4,11-14,18H2,1-3H3/t23-/m1/s1. The maximum absolute atomic E-state index is 14.1. The highest BCUT2D eigenvalue weighted by molar-refractivity contribution is 5.87. The van der Waals surface area contributed by atoms with Crippen LogP contribution >= 0.6 is 0 Å². The molecule has 0 N–H and O–H groups in total. The first kappa shape index (κ1) is 28.7. The number of benzene rings is 2. The molecule has 0 unspecified atom stereocenters. The van der Waals surface area contributed by atoms with E-state index in [0.29, 0.717) is 34.5 Å². The summed E-state index contributed by atoms with van der Waals surface area (Å²) in [5.74, 6) is 0.949. The third kappa shape index (κ3) is 5.80. The normalized spacial score (nSPS) is 15.6. The molecule has 0 aliphatic carbocycles. The third-order valence-electron chi connectivity index (χ3n) is 7.81. The Morgan fingerprint density at radius 3 is 2.63 bits per heavy atom. The average Bonchev–Trinajstić information content (AvgIpc) is 3.60. The number of ether oxygens (including phenoxy) is 3. The molecule has 1 aliphatic rings. The SMILES string of the molecule is CCOc1ncc2cc(-c3ccc4nc(CCN5CC[C@@H](OC)C5)n(C)c4c3)c(=O)n(-c3ccc(OC(F)F)cc3)c2n1. The number of likely N-dealkylation sites (tertiary alicyclic amines) is 1. The Kier molecular flexibility index (Phi) is 8.04. The van der Waals surface area contributed by atoms with Crippen LogP contribution in [0.3, 0.4) is 0 Å². The van der Waals surface area contributed by atoms with Gasteiger partial charge in [0.15, 0.2) is 5.65 Å². The van der Waals surface area contributed by atoms with Crippen molar-refractivity contribution in [2.45, 2.75) is 32.5 Å². The summed E-state index contributed by atoms with van der Waals surface area (Å²) in [6, 6.07) is 13.5. The molecular weight excluding hydrogens is 558 g/mol. The molecule has 1 saturated heterocycles. The zero-order valence-corrected chi connectivity index (χ0v) is 24.2. The summed E-state index contributed by atoms with van der Waals surface area (Å²) in [6.45, 7) is 2.05. The molecule has 1 aliphatic heterocycles. The van der Waals surface area contributed by atoms with Crippen LogP contribution in [0.4, 0.5) is 8.78 Å². The maximum atomic E-state index is 14.1. The maximum Gasteiger partial charge on any atom is 0.387 e. The number of hydrogen-bond donors (Lipinski definition) is 0. The summed E-state index contributed by atoms with van der Waals surface area (Å²) in [5.41, 5.74) is 3.32. The highest BCUT2D eigenvalue weighted by Gasteiger charge is 2.22. The highest BCUT2D eigenvalue weighted by atomic mass is 19.3. The summed E-state index contributed by atoms with van der Waals surface area (Å²) >= 11 is 0. The number of methoxy groups -OCH3 is 1. The van der Waals surface area contributed by atoms with Crippen molar-refractivity contribution in [2.24, 2.45) is 7.05 Å². The molecule has 0 radical (unpaired) electrons. The molecular formula is C31H32F2N6O4. The minimum absolute atomic E-state index is 0.0161. The molecule has 3 aromatic heterocycles. The van der Waals surface area contributed by atoms with Gasteiger partial charge in [0.1, 0.15) is 11.6 Å². The Bertz CT molecular complexity index is 1820. The minimum atomic E-state index is -2.95. The summed E-state index contributed by atoms with van der Waals surface area (Å²) < 4.78 is 44.5. The van der Waals surface area contributed by atoms with Gasteiger partial charge in [0.25, 0.3) is 5.56 Å². The minimum Gasteiger partial charge on any atom is -0.464 e. The molecule has 2 aromatic carbocycles. The molecule has 1 atom stereocenters. The summed E-state index contributed by atoms with van der Waals surface area (Å²) in [6.07, 6.45) is 3.73. The predicted molar refractivity (Wildman–Crippen MR) is 158 cm³/mol. The van der Waals surface area contributed by atoms with E-state index in [1.807, 2.05) is 32.2 Å². The number of aromatic nitrogens is 5. The van der Waals surface area contributed by atoms with E-state index in [-0.39, 0.29) is 23.4 Å². The van der Waals surface area contributed by atoms with Gasteiger partial charge in [-0.05, 0) is 61.4 Å². The van der Waals surface area contributed by atoms with Gasteiger partial charge in [0.05, 0.1) is 29.4 Å². The number of hydrogen-bond acceptors (Lipinski definition) is 8. The molecule has 0 saturated carbocycles. The molecule has 6 rings (SSSR count). The van der Waals surface area contributed by atoms with Gasteiger partial charge < -0.3 is 23.7 Å². The zero-order valence-electron chi connectivity index (χ0n) is 24.2. The molecule has 12 heteroatoms. The van der Waals surface area contributed by atoms with Crippen molar-refractivity contribution in [1.29, 1.82) is 0 Å². The van der Waals surface area contributed by atoms with Crippen molar-refractivity contribution in [2.75, 3.05) is 33.4 Å². The molecule has 0 bridgehead atoms. The quantitative estimate of drug-likeness (QED) is 0.233. The number of aryl methyl sites for hydroxylation is 1. The van der Waals surface area contributed by atoms with Gasteiger partial charge in [-0.25, -0.2) is 9.97 Å². The van der Waals surface area contributed by atoms with Gasteiger partial charge in [-0.1, -0.05) is 6.07 Å². The van der Waals surface area contributed by atoms with E-state index in [1.165, 1.54) is 28.8 Å². The fraction of sp³-hybridized carbons (Fsp3) is 0.355. The Labute approximate surface area is 246 Å². The van der Waals surface area contributed by atoms with Gasteiger partial charge >= 0.3 is 12.6 Å². The van der Waals surface area contributed by atoms with Crippen LogP contribution in [0.1, 0.15) is 19.2 Å². The van der Waals surface area contributed by atoms with Gasteiger partial charge in [0.2, 0.25) is 0 Å². The molecule has 10 nitrogen and oxygen atoms in total. The molecule has 4 heterocycles. The number of alkyl halides is 2. The topological polar surface area (TPSA) is 96.5 Å². The van der Waals surface area contributed by atoms with E-state index in [2.05, 4.69) is 24.2 Å². The fourth-order valence-corrected chi connectivity index (χ4v) is 5.58. The van der Waals surface area contributed by atoms with Crippen LogP contribution in [0.15, 0.2) is 59.5 Å². The summed E-state index contributed by atoms with van der Waals surface area (Å²) in [7, 11) is 3.75. The molecule has 0 amide bonds. The first-order chi connectivity index (χ1) is 20.8. The monoisotopic (exact) mass is 590 g/mol. The second-order valence-corrected chi connectivity index (χ2v) is 10.4. The lowest BCUT2D eigenvalue weighted by molar-refractivity contribution is -0.0498. The van der Waals surface area contributed by atoms with Gasteiger partial charge in [-0.3, -0.25) is 9.36 Å². The van der Waals surface area contributed by atoms with E-state index < -0.39 is 6.61 Å². The van der Waals surface area contributed by atoms with Gasteiger partial charge in [-0.2, -0.15) is 13.8 Å². The van der Waals surface area contributed by atoms with Crippen molar-refractivity contribution in [1.82, 2.24) is 29.0 Å². The van der Waals surface area contributed by atoms with Gasteiger partial charge in [-0.15, -0.1) is 0 Å². The lowest BCUT2D eigenvalue weighted by Gasteiger charge is -2.15. The Morgan fingerprint density at radius 1 is 1.09 bits per heavy atom. The molecule has 224 valence electrons. The van der Waals surface area contributed by atoms with Crippen molar-refractivity contribution >= 4 is 22.1 Å². The van der Waals surface area contributed by atoms with E-state index >= 15 is 0 Å². The second kappa shape index (κ2) is 12.1. The second-order valence-electron chi connectivity index (χ2n) is 10.4. The largest absolute Gasteiger partial charge is 0.464 e. The van der Waals surface area contributed by atoms with E-state index in [4.69, 9.17) is 14.5 Å². The summed E-state index contributed by atoms with van der Waals surface area (Å²) in [5, 5.41) is 0.608. The van der Waals surface area contributed by atoms with Gasteiger partial charge in [0, 0.05) is 57.4 Å². The zero-order chi connectivity index (χ0) is 30.1. The predicted octanol–water partition coefficient (Wildman–Crippen LogP) is 4.60. The molecule has 0 spiro atoms. The highest BCUT2D eigenvalue weighted by Crippen LogP contribution is 2.28. The lowest BCUT2D eigenvalue weighted by Crippen LogP contribution is -2.25. The Balaban J connectivity index is 1.40. The van der Waals surface area contributed by atoms with Crippen molar-refractivity contribution in [3.63, 3.8) is 0 Å². The average molecular weight is 591 g/mol. The molecule has 1 fully saturated rings. The summed E-state index contributed by atoms with van der Waals surface area (Å²) in [4.78, 5) is 30.2. The number of rotatable bonds is 10. The van der Waals surface area contributed by atoms with Crippen molar-refractivity contribution in [3.05, 3.63) is 70.9 Å². The van der Waals surface area contributed by atoms with Crippen LogP contribution in [-0.2, 0) is 18.2 Å². The van der Waals surface area contributed by atoms with Crippen molar-refractivity contribution in [3.8, 4) is 28.6 Å². The fourth-order valence-electron chi connectivity index (χ4n) is 5.58. The number of nitrogens with zero attached hydrogens (tertiary/aromatic N) is 6. The van der Waals surface area contributed by atoms with Crippen LogP contribution < -0.4 is 15.0 Å². The first-order valence-electron chi connectivity index (χ1n) is 14.2.